The van der Waals surface area contributed by atoms with Crippen molar-refractivity contribution < 1.29 is 17.9 Å². The number of carbonyl (C=O) groups is 1. The summed E-state index contributed by atoms with van der Waals surface area (Å²) < 4.78 is 32.7. The van der Waals surface area contributed by atoms with Crippen LogP contribution in [0.5, 0.6) is 5.75 Å². The summed E-state index contributed by atoms with van der Waals surface area (Å²) in [4.78, 5) is 16.8. The van der Waals surface area contributed by atoms with Crippen LogP contribution in [0.4, 0.5) is 5.69 Å². The zero-order valence-electron chi connectivity index (χ0n) is 19.2. The van der Waals surface area contributed by atoms with E-state index in [0.717, 1.165) is 30.5 Å². The second-order valence-corrected chi connectivity index (χ2v) is 10.3. The van der Waals surface area contributed by atoms with Crippen molar-refractivity contribution in [3.05, 3.63) is 83.7 Å². The van der Waals surface area contributed by atoms with Crippen molar-refractivity contribution in [2.24, 2.45) is 0 Å². The molecule has 0 atom stereocenters. The van der Waals surface area contributed by atoms with Gasteiger partial charge in [0.1, 0.15) is 5.75 Å². The number of rotatable bonds is 9. The summed E-state index contributed by atoms with van der Waals surface area (Å²) in [5.41, 5.74) is 3.74. The Hall–Kier alpha value is -3.23. The second-order valence-electron chi connectivity index (χ2n) is 8.36. The van der Waals surface area contributed by atoms with Gasteiger partial charge in [-0.15, -0.1) is 0 Å². The van der Waals surface area contributed by atoms with Gasteiger partial charge in [0.2, 0.25) is 15.9 Å². The van der Waals surface area contributed by atoms with Crippen LogP contribution in [0.1, 0.15) is 36.0 Å². The van der Waals surface area contributed by atoms with E-state index in [-0.39, 0.29) is 17.2 Å². The lowest BCUT2D eigenvalue weighted by Gasteiger charge is -2.17. The van der Waals surface area contributed by atoms with Crippen molar-refractivity contribution in [3.8, 4) is 5.75 Å². The third-order valence-corrected chi connectivity index (χ3v) is 7.87. The Balaban J connectivity index is 1.37. The first-order valence-electron chi connectivity index (χ1n) is 11.4. The van der Waals surface area contributed by atoms with E-state index in [1.807, 2.05) is 36.4 Å². The highest BCUT2D eigenvalue weighted by Crippen LogP contribution is 2.27. The molecule has 1 amide bonds. The van der Waals surface area contributed by atoms with Crippen LogP contribution in [0.2, 0.25) is 0 Å². The molecular formula is C26H29N3O4S. The van der Waals surface area contributed by atoms with Crippen molar-refractivity contribution in [2.45, 2.75) is 37.0 Å². The van der Waals surface area contributed by atoms with Crippen LogP contribution < -0.4 is 10.1 Å². The molecule has 1 aromatic heterocycles. The van der Waals surface area contributed by atoms with Crippen molar-refractivity contribution in [1.82, 2.24) is 9.29 Å². The number of nitrogens with zero attached hydrogens (tertiary/aromatic N) is 2. The number of methoxy groups -OCH3 is 1. The van der Waals surface area contributed by atoms with E-state index in [2.05, 4.69) is 10.3 Å². The molecule has 178 valence electrons. The number of pyridine rings is 1. The molecule has 1 aliphatic heterocycles. The SMILES string of the molecule is COc1ccc(S(=O)(=O)N2CCCC2)cc1CCC(=O)Nc1ccc(Cc2ccncc2)cc1. The molecule has 1 fully saturated rings. The van der Waals surface area contributed by atoms with Crippen LogP contribution in [0, 0.1) is 0 Å². The number of ether oxygens (including phenoxy) is 1. The van der Waals surface area contributed by atoms with Gasteiger partial charge < -0.3 is 10.1 Å². The normalized spacial score (nSPS) is 14.1. The average Bonchev–Trinajstić information content (AvgIpc) is 3.40. The topological polar surface area (TPSA) is 88.6 Å². The van der Waals surface area contributed by atoms with E-state index in [9.17, 15) is 13.2 Å². The minimum atomic E-state index is -3.53. The van der Waals surface area contributed by atoms with E-state index in [1.165, 1.54) is 9.87 Å². The lowest BCUT2D eigenvalue weighted by molar-refractivity contribution is -0.116. The number of benzene rings is 2. The van der Waals surface area contributed by atoms with Crippen LogP contribution in [0.25, 0.3) is 0 Å². The van der Waals surface area contributed by atoms with E-state index < -0.39 is 10.0 Å². The largest absolute Gasteiger partial charge is 0.496 e. The fourth-order valence-electron chi connectivity index (χ4n) is 4.10. The highest BCUT2D eigenvalue weighted by atomic mass is 32.2. The van der Waals surface area contributed by atoms with Gasteiger partial charge >= 0.3 is 0 Å². The monoisotopic (exact) mass is 479 g/mol. The van der Waals surface area contributed by atoms with Crippen molar-refractivity contribution in [2.75, 3.05) is 25.5 Å². The molecule has 34 heavy (non-hydrogen) atoms. The van der Waals surface area contributed by atoms with Gasteiger partial charge in [-0.2, -0.15) is 4.31 Å². The summed E-state index contributed by atoms with van der Waals surface area (Å²) in [5.74, 6) is 0.436. The Kier molecular flexibility index (Phi) is 7.59. The molecule has 4 rings (SSSR count). The summed E-state index contributed by atoms with van der Waals surface area (Å²) >= 11 is 0. The first-order chi connectivity index (χ1) is 16.5. The van der Waals surface area contributed by atoms with Gasteiger partial charge in [0.05, 0.1) is 12.0 Å². The average molecular weight is 480 g/mol. The van der Waals surface area contributed by atoms with Crippen molar-refractivity contribution in [1.29, 1.82) is 0 Å². The molecule has 3 aromatic rings. The number of anilines is 1. The predicted molar refractivity (Wildman–Crippen MR) is 131 cm³/mol. The van der Waals surface area contributed by atoms with Crippen LogP contribution in [0.3, 0.4) is 0 Å². The molecule has 0 aliphatic carbocycles. The Morgan fingerprint density at radius 2 is 1.68 bits per heavy atom. The van der Waals surface area contributed by atoms with Crippen molar-refractivity contribution in [3.63, 3.8) is 0 Å². The Morgan fingerprint density at radius 3 is 2.35 bits per heavy atom. The van der Waals surface area contributed by atoms with E-state index in [0.29, 0.717) is 30.8 Å². The number of aryl methyl sites for hydroxylation is 1. The number of hydrogen-bond acceptors (Lipinski definition) is 5. The fourth-order valence-corrected chi connectivity index (χ4v) is 5.67. The molecule has 2 aromatic carbocycles. The van der Waals surface area contributed by atoms with Gasteiger partial charge in [-0.3, -0.25) is 9.78 Å². The fraction of sp³-hybridized carbons (Fsp3) is 0.308. The molecule has 2 heterocycles. The summed E-state index contributed by atoms with van der Waals surface area (Å²) in [6.07, 6.45) is 6.70. The molecule has 0 bridgehead atoms. The summed E-state index contributed by atoms with van der Waals surface area (Å²) in [7, 11) is -1.98. The number of aromatic nitrogens is 1. The van der Waals surface area contributed by atoms with Gasteiger partial charge in [0, 0.05) is 37.6 Å². The molecule has 0 unspecified atom stereocenters. The van der Waals surface area contributed by atoms with Gasteiger partial charge in [-0.05, 0) is 84.8 Å². The van der Waals surface area contributed by atoms with Crippen LogP contribution in [-0.4, -0.2) is 43.8 Å². The first-order valence-corrected chi connectivity index (χ1v) is 12.8. The predicted octanol–water partition coefficient (Wildman–Crippen LogP) is 4.04. The van der Waals surface area contributed by atoms with E-state index >= 15 is 0 Å². The van der Waals surface area contributed by atoms with Crippen LogP contribution >= 0.6 is 0 Å². The molecular weight excluding hydrogens is 450 g/mol. The second kappa shape index (κ2) is 10.8. The molecule has 0 spiro atoms. The van der Waals surface area contributed by atoms with Crippen LogP contribution in [0.15, 0.2) is 71.9 Å². The lowest BCUT2D eigenvalue weighted by Crippen LogP contribution is -2.28. The van der Waals surface area contributed by atoms with Gasteiger partial charge in [0.25, 0.3) is 0 Å². The third-order valence-electron chi connectivity index (χ3n) is 5.97. The number of sulfonamides is 1. The van der Waals surface area contributed by atoms with Gasteiger partial charge in [-0.1, -0.05) is 12.1 Å². The van der Waals surface area contributed by atoms with E-state index in [1.54, 1.807) is 37.7 Å². The summed E-state index contributed by atoms with van der Waals surface area (Å²) in [5, 5.41) is 2.91. The van der Waals surface area contributed by atoms with Gasteiger partial charge in [0.15, 0.2) is 0 Å². The maximum absolute atomic E-state index is 12.9. The number of nitrogens with one attached hydrogen (secondary N) is 1. The van der Waals surface area contributed by atoms with Crippen LogP contribution in [-0.2, 0) is 27.7 Å². The van der Waals surface area contributed by atoms with Gasteiger partial charge in [-0.25, -0.2) is 8.42 Å². The quantitative estimate of drug-likeness (QED) is 0.500. The maximum atomic E-state index is 12.9. The first kappa shape index (κ1) is 23.9. The zero-order chi connectivity index (χ0) is 24.0. The smallest absolute Gasteiger partial charge is 0.243 e. The molecule has 1 N–H and O–H groups in total. The lowest BCUT2D eigenvalue weighted by atomic mass is 10.1. The molecule has 1 saturated heterocycles. The number of amides is 1. The Labute approximate surface area is 200 Å². The number of hydrogen-bond donors (Lipinski definition) is 1. The molecule has 1 aliphatic rings. The Morgan fingerprint density at radius 1 is 1.00 bits per heavy atom. The standard InChI is InChI=1S/C26H29N3O4S/c1-33-25-10-9-24(34(31,32)29-16-2-3-17-29)19-22(25)6-11-26(30)28-23-7-4-20(5-8-23)18-21-12-14-27-15-13-21/h4-5,7-10,12-15,19H,2-3,6,11,16-18H2,1H3,(H,28,30). The molecule has 0 saturated carbocycles. The summed E-state index contributed by atoms with van der Waals surface area (Å²) in [6, 6.07) is 16.6. The van der Waals surface area contributed by atoms with E-state index in [4.69, 9.17) is 4.74 Å². The minimum absolute atomic E-state index is 0.142. The maximum Gasteiger partial charge on any atom is 0.243 e. The molecule has 0 radical (unpaired) electrons. The Bertz CT molecular complexity index is 1220. The molecule has 8 heteroatoms. The highest BCUT2D eigenvalue weighted by Gasteiger charge is 2.27. The van der Waals surface area contributed by atoms with Crippen molar-refractivity contribution >= 4 is 21.6 Å². The zero-order valence-corrected chi connectivity index (χ0v) is 20.1. The minimum Gasteiger partial charge on any atom is -0.496 e. The molecule has 7 nitrogen and oxygen atoms in total. The highest BCUT2D eigenvalue weighted by molar-refractivity contribution is 7.89. The number of carbonyl (C=O) groups excluding carboxylic acids is 1. The summed E-state index contributed by atoms with van der Waals surface area (Å²) in [6.45, 7) is 1.10. The third kappa shape index (κ3) is 5.81.